The first-order valence-electron chi connectivity index (χ1n) is 6.13. The van der Waals surface area contributed by atoms with Crippen molar-refractivity contribution >= 4 is 28.6 Å². The Morgan fingerprint density at radius 1 is 1.35 bits per heavy atom. The average molecular weight is 312 g/mol. The molecular formula is C13H16N2O3S2. The van der Waals surface area contributed by atoms with Crippen LogP contribution >= 0.6 is 22.7 Å². The van der Waals surface area contributed by atoms with E-state index in [9.17, 15) is 9.90 Å². The van der Waals surface area contributed by atoms with Crippen LogP contribution in [0.4, 0.5) is 0 Å². The number of methoxy groups -OCH3 is 1. The van der Waals surface area contributed by atoms with Crippen LogP contribution in [-0.4, -0.2) is 28.2 Å². The van der Waals surface area contributed by atoms with E-state index in [0.29, 0.717) is 9.88 Å². The van der Waals surface area contributed by atoms with Crippen molar-refractivity contribution < 1.29 is 14.6 Å². The summed E-state index contributed by atoms with van der Waals surface area (Å²) in [6.07, 6.45) is 1.49. The lowest BCUT2D eigenvalue weighted by Crippen LogP contribution is -2.12. The van der Waals surface area contributed by atoms with Gasteiger partial charge in [0.1, 0.15) is 0 Å². The number of aromatic nitrogens is 2. The van der Waals surface area contributed by atoms with Crippen molar-refractivity contribution in [1.29, 1.82) is 0 Å². The summed E-state index contributed by atoms with van der Waals surface area (Å²) in [5.41, 5.74) is 0.0680. The van der Waals surface area contributed by atoms with Gasteiger partial charge in [0.15, 0.2) is 15.7 Å². The molecule has 0 saturated heterocycles. The number of carboxylic acids is 1. The number of nitrogens with zero attached hydrogens (tertiary/aromatic N) is 2. The molecule has 0 amide bonds. The molecule has 108 valence electrons. The lowest BCUT2D eigenvalue weighted by atomic mass is 10.0. The zero-order valence-electron chi connectivity index (χ0n) is 11.7. The fraction of sp³-hybridized carbons (Fsp3) is 0.462. The number of aromatic carboxylic acids is 1. The Kier molecular flexibility index (Phi) is 4.52. The summed E-state index contributed by atoms with van der Waals surface area (Å²) in [7, 11) is 1.59. The first-order chi connectivity index (χ1) is 9.43. The van der Waals surface area contributed by atoms with Gasteiger partial charge >= 0.3 is 5.97 Å². The molecule has 0 aliphatic carbocycles. The van der Waals surface area contributed by atoms with Crippen LogP contribution in [-0.2, 0) is 4.74 Å². The molecule has 1 unspecified atom stereocenters. The highest BCUT2D eigenvalue weighted by atomic mass is 32.1. The summed E-state index contributed by atoms with van der Waals surface area (Å²) in [6, 6.07) is 0. The van der Waals surface area contributed by atoms with E-state index in [0.717, 1.165) is 9.88 Å². The predicted molar refractivity (Wildman–Crippen MR) is 79.5 cm³/mol. The van der Waals surface area contributed by atoms with Crippen LogP contribution in [0.25, 0.3) is 10.0 Å². The van der Waals surface area contributed by atoms with E-state index < -0.39 is 5.97 Å². The molecule has 1 N–H and O–H groups in total. The maximum atomic E-state index is 11.4. The minimum absolute atomic E-state index is 0.0680. The van der Waals surface area contributed by atoms with Gasteiger partial charge in [-0.2, -0.15) is 0 Å². The zero-order chi connectivity index (χ0) is 14.9. The fourth-order valence-corrected chi connectivity index (χ4v) is 4.00. The van der Waals surface area contributed by atoms with Gasteiger partial charge < -0.3 is 9.84 Å². The fourth-order valence-electron chi connectivity index (χ4n) is 1.91. The Morgan fingerprint density at radius 3 is 2.50 bits per heavy atom. The smallest absolute Gasteiger partial charge is 0.355 e. The van der Waals surface area contributed by atoms with Gasteiger partial charge in [0.2, 0.25) is 0 Å². The lowest BCUT2D eigenvalue weighted by Gasteiger charge is -2.17. The number of rotatable bonds is 5. The highest BCUT2D eigenvalue weighted by Gasteiger charge is 2.27. The molecule has 0 saturated carbocycles. The number of hydrogen-bond acceptors (Lipinski definition) is 6. The molecule has 0 radical (unpaired) electrons. The van der Waals surface area contributed by atoms with E-state index in [1.807, 2.05) is 20.8 Å². The minimum Gasteiger partial charge on any atom is -0.476 e. The summed E-state index contributed by atoms with van der Waals surface area (Å²) >= 11 is 2.85. The van der Waals surface area contributed by atoms with Gasteiger partial charge in [0.25, 0.3) is 0 Å². The number of carboxylic acid groups (broad SMARTS) is 1. The average Bonchev–Trinajstić information content (AvgIpc) is 2.96. The third kappa shape index (κ3) is 2.89. The summed E-state index contributed by atoms with van der Waals surface area (Å²) in [5, 5.41) is 10.7. The number of aryl methyl sites for hydroxylation is 1. The Hall–Kier alpha value is -1.31. The monoisotopic (exact) mass is 312 g/mol. The second kappa shape index (κ2) is 5.99. The van der Waals surface area contributed by atoms with Gasteiger partial charge in [-0.15, -0.1) is 22.7 Å². The van der Waals surface area contributed by atoms with Crippen molar-refractivity contribution in [3.05, 3.63) is 21.6 Å². The molecule has 0 aliphatic heterocycles. The van der Waals surface area contributed by atoms with Gasteiger partial charge in [0, 0.05) is 18.2 Å². The second-order valence-corrected chi connectivity index (χ2v) is 6.98. The molecule has 1 atom stereocenters. The summed E-state index contributed by atoms with van der Waals surface area (Å²) in [6.45, 7) is 5.94. The van der Waals surface area contributed by atoms with E-state index in [2.05, 4.69) is 9.97 Å². The molecule has 7 heteroatoms. The van der Waals surface area contributed by atoms with Crippen molar-refractivity contribution in [1.82, 2.24) is 9.97 Å². The molecule has 0 aromatic carbocycles. The van der Waals surface area contributed by atoms with Crippen molar-refractivity contribution in [2.45, 2.75) is 26.9 Å². The highest BCUT2D eigenvalue weighted by molar-refractivity contribution is 7.21. The van der Waals surface area contributed by atoms with E-state index in [1.165, 1.54) is 22.7 Å². The molecule has 20 heavy (non-hydrogen) atoms. The van der Waals surface area contributed by atoms with E-state index in [-0.39, 0.29) is 17.7 Å². The van der Waals surface area contributed by atoms with Crippen LogP contribution in [0.15, 0.2) is 6.20 Å². The number of ether oxygens (including phenoxy) is 1. The number of thiazole rings is 2. The molecule has 2 rings (SSSR count). The summed E-state index contributed by atoms with van der Waals surface area (Å²) < 4.78 is 5.43. The molecule has 2 aromatic rings. The SMILES string of the molecule is COC(c1sc(-c2ncc(C)s2)nc1C(=O)O)C(C)C. The van der Waals surface area contributed by atoms with Crippen molar-refractivity contribution in [2.75, 3.05) is 7.11 Å². The normalized spacial score (nSPS) is 12.8. The van der Waals surface area contributed by atoms with E-state index >= 15 is 0 Å². The van der Waals surface area contributed by atoms with Gasteiger partial charge in [-0.1, -0.05) is 13.8 Å². The zero-order valence-corrected chi connectivity index (χ0v) is 13.3. The van der Waals surface area contributed by atoms with Crippen LogP contribution in [0.5, 0.6) is 0 Å². The van der Waals surface area contributed by atoms with Crippen LogP contribution in [0.3, 0.4) is 0 Å². The third-order valence-corrected chi connectivity index (χ3v) is 4.95. The largest absolute Gasteiger partial charge is 0.476 e. The maximum Gasteiger partial charge on any atom is 0.355 e. The predicted octanol–water partition coefficient (Wildman–Crippen LogP) is 3.62. The van der Waals surface area contributed by atoms with Gasteiger partial charge in [-0.25, -0.2) is 14.8 Å². The van der Waals surface area contributed by atoms with Gasteiger partial charge in [-0.3, -0.25) is 0 Å². The van der Waals surface area contributed by atoms with Gasteiger partial charge in [0.05, 0.1) is 11.0 Å². The minimum atomic E-state index is -1.03. The van der Waals surface area contributed by atoms with Crippen molar-refractivity contribution in [3.63, 3.8) is 0 Å². The van der Waals surface area contributed by atoms with Crippen molar-refractivity contribution in [3.8, 4) is 10.0 Å². The quantitative estimate of drug-likeness (QED) is 0.913. The van der Waals surface area contributed by atoms with Gasteiger partial charge in [-0.05, 0) is 12.8 Å². The number of carbonyl (C=O) groups is 1. The first kappa shape index (κ1) is 15.1. The Morgan fingerprint density at radius 2 is 2.05 bits per heavy atom. The molecule has 2 aromatic heterocycles. The van der Waals surface area contributed by atoms with E-state index in [1.54, 1.807) is 13.3 Å². The lowest BCUT2D eigenvalue weighted by molar-refractivity contribution is 0.0600. The van der Waals surface area contributed by atoms with Crippen molar-refractivity contribution in [2.24, 2.45) is 5.92 Å². The summed E-state index contributed by atoms with van der Waals surface area (Å²) in [5.74, 6) is -0.858. The molecule has 0 spiro atoms. The first-order valence-corrected chi connectivity index (χ1v) is 7.77. The maximum absolute atomic E-state index is 11.4. The Labute approximate surface area is 125 Å². The molecule has 0 aliphatic rings. The molecule has 0 bridgehead atoms. The van der Waals surface area contributed by atoms with Crippen LogP contribution in [0, 0.1) is 12.8 Å². The molecule has 2 heterocycles. The molecule has 0 fully saturated rings. The molecule has 5 nitrogen and oxygen atoms in total. The standard InChI is InChI=1S/C13H16N2O3S2/c1-6(2)9(18-4)10-8(13(16)17)15-12(20-10)11-14-5-7(3)19-11/h5-6,9H,1-4H3,(H,16,17). The highest BCUT2D eigenvalue weighted by Crippen LogP contribution is 2.37. The van der Waals surface area contributed by atoms with E-state index in [4.69, 9.17) is 4.74 Å². The summed E-state index contributed by atoms with van der Waals surface area (Å²) in [4.78, 5) is 21.6. The number of hydrogen-bond donors (Lipinski definition) is 1. The van der Waals surface area contributed by atoms with Crippen LogP contribution in [0.1, 0.15) is 40.2 Å². The third-order valence-electron chi connectivity index (χ3n) is 2.78. The van der Waals surface area contributed by atoms with Crippen LogP contribution < -0.4 is 0 Å². The Bertz CT molecular complexity index is 619. The van der Waals surface area contributed by atoms with Crippen LogP contribution in [0.2, 0.25) is 0 Å². The molecular weight excluding hydrogens is 296 g/mol. The Balaban J connectivity index is 2.51. The topological polar surface area (TPSA) is 72.3 Å². The second-order valence-electron chi connectivity index (χ2n) is 4.71.